The van der Waals surface area contributed by atoms with Gasteiger partial charge in [-0.3, -0.25) is 4.79 Å². The number of amides is 1. The standard InChI is InChI=1S/C14H17N3O5S/c1-9-6-11(21-3)4-5-12(9)23(19,20)15-8-14(18)16-13-7-10(2)22-17-13/h4-7,15H,8H2,1-3H3,(H,16,17,18). The minimum atomic E-state index is -3.81. The number of ether oxygens (including phenoxy) is 1. The molecule has 2 N–H and O–H groups in total. The molecule has 8 nitrogen and oxygen atoms in total. The van der Waals surface area contributed by atoms with Crippen molar-refractivity contribution in [2.75, 3.05) is 19.0 Å². The molecule has 23 heavy (non-hydrogen) atoms. The predicted molar refractivity (Wildman–Crippen MR) is 82.8 cm³/mol. The van der Waals surface area contributed by atoms with E-state index in [1.807, 2.05) is 0 Å². The topological polar surface area (TPSA) is 111 Å². The van der Waals surface area contributed by atoms with Gasteiger partial charge in [-0.25, -0.2) is 13.1 Å². The van der Waals surface area contributed by atoms with Gasteiger partial charge in [0.1, 0.15) is 11.5 Å². The van der Waals surface area contributed by atoms with Gasteiger partial charge in [-0.15, -0.1) is 0 Å². The van der Waals surface area contributed by atoms with Crippen molar-refractivity contribution >= 4 is 21.7 Å². The molecule has 0 aliphatic heterocycles. The maximum atomic E-state index is 12.2. The molecule has 2 rings (SSSR count). The first-order chi connectivity index (χ1) is 10.8. The van der Waals surface area contributed by atoms with Gasteiger partial charge in [-0.2, -0.15) is 0 Å². The molecule has 1 aromatic heterocycles. The summed E-state index contributed by atoms with van der Waals surface area (Å²) in [5.74, 6) is 0.774. The summed E-state index contributed by atoms with van der Waals surface area (Å²) in [5, 5.41) is 6.02. The number of sulfonamides is 1. The Morgan fingerprint density at radius 3 is 2.61 bits per heavy atom. The lowest BCUT2D eigenvalue weighted by Crippen LogP contribution is -2.33. The Labute approximate surface area is 133 Å². The van der Waals surface area contributed by atoms with Crippen molar-refractivity contribution in [3.05, 3.63) is 35.6 Å². The molecular formula is C14H17N3O5S. The Bertz CT molecular complexity index is 814. The fourth-order valence-corrected chi connectivity index (χ4v) is 3.11. The van der Waals surface area contributed by atoms with Gasteiger partial charge in [0.15, 0.2) is 5.82 Å². The van der Waals surface area contributed by atoms with Crippen LogP contribution in [0, 0.1) is 13.8 Å². The van der Waals surface area contributed by atoms with Gasteiger partial charge < -0.3 is 14.6 Å². The van der Waals surface area contributed by atoms with E-state index in [9.17, 15) is 13.2 Å². The molecule has 0 aliphatic carbocycles. The smallest absolute Gasteiger partial charge is 0.241 e. The fraction of sp³-hybridized carbons (Fsp3) is 0.286. The molecule has 2 aromatic rings. The van der Waals surface area contributed by atoms with Crippen LogP contribution < -0.4 is 14.8 Å². The summed E-state index contributed by atoms with van der Waals surface area (Å²) in [6.07, 6.45) is 0. The van der Waals surface area contributed by atoms with Gasteiger partial charge in [-0.1, -0.05) is 5.16 Å². The van der Waals surface area contributed by atoms with E-state index in [1.54, 1.807) is 26.0 Å². The third kappa shape index (κ3) is 4.30. The number of rotatable bonds is 6. The summed E-state index contributed by atoms with van der Waals surface area (Å²) >= 11 is 0. The molecular weight excluding hydrogens is 322 g/mol. The molecule has 0 fully saturated rings. The minimum Gasteiger partial charge on any atom is -0.497 e. The summed E-state index contributed by atoms with van der Waals surface area (Å²) in [6, 6.07) is 6.10. The second-order valence-electron chi connectivity index (χ2n) is 4.83. The number of hydrogen-bond donors (Lipinski definition) is 2. The predicted octanol–water partition coefficient (Wildman–Crippen LogP) is 1.22. The van der Waals surface area contributed by atoms with E-state index in [1.165, 1.54) is 19.2 Å². The van der Waals surface area contributed by atoms with Gasteiger partial charge in [0, 0.05) is 6.07 Å². The van der Waals surface area contributed by atoms with Crippen LogP contribution in [0.15, 0.2) is 33.7 Å². The molecule has 0 spiro atoms. The summed E-state index contributed by atoms with van der Waals surface area (Å²) in [7, 11) is -2.31. The Morgan fingerprint density at radius 2 is 2.04 bits per heavy atom. The number of carbonyl (C=O) groups is 1. The fourth-order valence-electron chi connectivity index (χ4n) is 1.90. The second-order valence-corrected chi connectivity index (χ2v) is 6.56. The number of aryl methyl sites for hydroxylation is 2. The number of anilines is 1. The molecule has 0 unspecified atom stereocenters. The van der Waals surface area contributed by atoms with Crippen LogP contribution in [0.2, 0.25) is 0 Å². The average molecular weight is 339 g/mol. The molecule has 1 amide bonds. The first kappa shape index (κ1) is 17.0. The summed E-state index contributed by atoms with van der Waals surface area (Å²) in [6.45, 7) is 2.91. The van der Waals surface area contributed by atoms with E-state index in [0.29, 0.717) is 17.1 Å². The van der Waals surface area contributed by atoms with Crippen LogP contribution in [-0.4, -0.2) is 33.1 Å². The molecule has 0 aliphatic rings. The zero-order chi connectivity index (χ0) is 17.0. The van der Waals surface area contributed by atoms with Crippen molar-refractivity contribution in [1.82, 2.24) is 9.88 Å². The number of aromatic nitrogens is 1. The zero-order valence-electron chi connectivity index (χ0n) is 12.9. The number of hydrogen-bond acceptors (Lipinski definition) is 6. The highest BCUT2D eigenvalue weighted by Crippen LogP contribution is 2.20. The zero-order valence-corrected chi connectivity index (χ0v) is 13.7. The highest BCUT2D eigenvalue weighted by molar-refractivity contribution is 7.89. The molecule has 1 heterocycles. The van der Waals surface area contributed by atoms with E-state index >= 15 is 0 Å². The van der Waals surface area contributed by atoms with Crippen molar-refractivity contribution < 1.29 is 22.5 Å². The van der Waals surface area contributed by atoms with Crippen LogP contribution in [0.3, 0.4) is 0 Å². The Kier molecular flexibility index (Phi) is 5.02. The number of methoxy groups -OCH3 is 1. The first-order valence-electron chi connectivity index (χ1n) is 6.69. The Balaban J connectivity index is 2.02. The molecule has 9 heteroatoms. The van der Waals surface area contributed by atoms with Crippen LogP contribution in [-0.2, 0) is 14.8 Å². The maximum Gasteiger partial charge on any atom is 0.241 e. The van der Waals surface area contributed by atoms with E-state index in [-0.39, 0.29) is 10.7 Å². The van der Waals surface area contributed by atoms with Crippen LogP contribution in [0.1, 0.15) is 11.3 Å². The van der Waals surface area contributed by atoms with Crippen LogP contribution >= 0.6 is 0 Å². The summed E-state index contributed by atoms with van der Waals surface area (Å²) in [5.41, 5.74) is 0.518. The first-order valence-corrected chi connectivity index (χ1v) is 8.17. The Hall–Kier alpha value is -2.39. The van der Waals surface area contributed by atoms with Gasteiger partial charge in [0.25, 0.3) is 0 Å². The molecule has 0 saturated carbocycles. The van der Waals surface area contributed by atoms with Crippen molar-refractivity contribution in [2.24, 2.45) is 0 Å². The molecule has 0 bridgehead atoms. The lowest BCUT2D eigenvalue weighted by molar-refractivity contribution is -0.115. The summed E-state index contributed by atoms with van der Waals surface area (Å²) < 4.78 is 36.6. The average Bonchev–Trinajstić information content (AvgIpc) is 2.90. The third-order valence-corrected chi connectivity index (χ3v) is 4.55. The number of benzene rings is 1. The lowest BCUT2D eigenvalue weighted by Gasteiger charge is -2.10. The maximum absolute atomic E-state index is 12.2. The number of nitrogens with zero attached hydrogens (tertiary/aromatic N) is 1. The Morgan fingerprint density at radius 1 is 1.30 bits per heavy atom. The van der Waals surface area contributed by atoms with Crippen LogP contribution in [0.25, 0.3) is 0 Å². The van der Waals surface area contributed by atoms with E-state index in [4.69, 9.17) is 9.26 Å². The SMILES string of the molecule is COc1ccc(S(=O)(=O)NCC(=O)Nc2cc(C)on2)c(C)c1. The van der Waals surface area contributed by atoms with Crippen molar-refractivity contribution in [3.8, 4) is 5.75 Å². The molecule has 1 aromatic carbocycles. The molecule has 124 valence electrons. The van der Waals surface area contributed by atoms with E-state index < -0.39 is 22.5 Å². The number of nitrogens with one attached hydrogen (secondary N) is 2. The molecule has 0 radical (unpaired) electrons. The molecule has 0 atom stereocenters. The largest absolute Gasteiger partial charge is 0.497 e. The van der Waals surface area contributed by atoms with Gasteiger partial charge in [0.2, 0.25) is 15.9 Å². The molecule has 0 saturated heterocycles. The van der Waals surface area contributed by atoms with Gasteiger partial charge in [-0.05, 0) is 37.6 Å². The highest BCUT2D eigenvalue weighted by Gasteiger charge is 2.18. The third-order valence-electron chi connectivity index (χ3n) is 2.99. The van der Waals surface area contributed by atoms with E-state index in [0.717, 1.165) is 0 Å². The summed E-state index contributed by atoms with van der Waals surface area (Å²) in [4.78, 5) is 11.8. The van der Waals surface area contributed by atoms with Crippen LogP contribution in [0.4, 0.5) is 5.82 Å². The van der Waals surface area contributed by atoms with Gasteiger partial charge in [0.05, 0.1) is 18.6 Å². The highest BCUT2D eigenvalue weighted by atomic mass is 32.2. The minimum absolute atomic E-state index is 0.0865. The van der Waals surface area contributed by atoms with Crippen molar-refractivity contribution in [1.29, 1.82) is 0 Å². The van der Waals surface area contributed by atoms with Crippen LogP contribution in [0.5, 0.6) is 5.75 Å². The monoisotopic (exact) mass is 339 g/mol. The number of carbonyl (C=O) groups excluding carboxylic acids is 1. The van der Waals surface area contributed by atoms with E-state index in [2.05, 4.69) is 15.2 Å². The van der Waals surface area contributed by atoms with Gasteiger partial charge >= 0.3 is 0 Å². The lowest BCUT2D eigenvalue weighted by atomic mass is 10.2. The second kappa shape index (κ2) is 6.80. The quantitative estimate of drug-likeness (QED) is 0.818. The normalized spacial score (nSPS) is 11.3. The van der Waals surface area contributed by atoms with Crippen molar-refractivity contribution in [3.63, 3.8) is 0 Å². The van der Waals surface area contributed by atoms with Crippen molar-refractivity contribution in [2.45, 2.75) is 18.7 Å².